The molecule has 1 aromatic rings. The summed E-state index contributed by atoms with van der Waals surface area (Å²) in [6, 6.07) is 5.54. The molecule has 0 spiro atoms. The molecule has 4 aliphatic rings. The summed E-state index contributed by atoms with van der Waals surface area (Å²) in [5.74, 6) is -0.295. The monoisotopic (exact) mass is 470 g/mol. The SMILES string of the molecule is CCC(C)N(CC(=O)Nc1cccc(C)c1C)C(=O)COC(=O)C12CC3CC(CC(O)(C3)C1)C2. The van der Waals surface area contributed by atoms with Gasteiger partial charge in [0, 0.05) is 11.7 Å². The van der Waals surface area contributed by atoms with Gasteiger partial charge in [-0.05, 0) is 94.7 Å². The van der Waals surface area contributed by atoms with Crippen LogP contribution in [0.15, 0.2) is 18.2 Å². The summed E-state index contributed by atoms with van der Waals surface area (Å²) in [5, 5.41) is 13.8. The largest absolute Gasteiger partial charge is 0.455 e. The summed E-state index contributed by atoms with van der Waals surface area (Å²) in [7, 11) is 0. The number of ether oxygens (including phenoxy) is 1. The second kappa shape index (κ2) is 9.33. The molecule has 0 aromatic heterocycles. The number of nitrogens with one attached hydrogen (secondary N) is 1. The molecule has 2 N–H and O–H groups in total. The molecule has 0 saturated heterocycles. The highest BCUT2D eigenvalue weighted by molar-refractivity contribution is 5.95. The molecule has 34 heavy (non-hydrogen) atoms. The third kappa shape index (κ3) is 4.85. The number of anilines is 1. The van der Waals surface area contributed by atoms with Crippen molar-refractivity contribution in [3.63, 3.8) is 0 Å². The molecule has 3 unspecified atom stereocenters. The fourth-order valence-electron chi connectivity index (χ4n) is 6.76. The number of esters is 1. The number of aliphatic hydroxyl groups is 1. The van der Waals surface area contributed by atoms with E-state index < -0.39 is 11.0 Å². The maximum absolute atomic E-state index is 13.2. The molecular formula is C27H38N2O5. The number of benzene rings is 1. The van der Waals surface area contributed by atoms with Gasteiger partial charge in [0.2, 0.25) is 5.91 Å². The van der Waals surface area contributed by atoms with Crippen LogP contribution in [0, 0.1) is 31.1 Å². The van der Waals surface area contributed by atoms with Crippen molar-refractivity contribution < 1.29 is 24.2 Å². The molecule has 0 aliphatic heterocycles. The Balaban J connectivity index is 1.38. The minimum Gasteiger partial charge on any atom is -0.455 e. The van der Waals surface area contributed by atoms with Gasteiger partial charge in [0.05, 0.1) is 11.0 Å². The van der Waals surface area contributed by atoms with E-state index in [1.807, 2.05) is 45.9 Å². The summed E-state index contributed by atoms with van der Waals surface area (Å²) in [6.07, 6.45) is 5.22. The van der Waals surface area contributed by atoms with Crippen molar-refractivity contribution in [3.8, 4) is 0 Å². The van der Waals surface area contributed by atoms with E-state index in [1.54, 1.807) is 0 Å². The van der Waals surface area contributed by atoms with Crippen LogP contribution in [0.2, 0.25) is 0 Å². The Hall–Kier alpha value is -2.41. The molecule has 4 saturated carbocycles. The Bertz CT molecular complexity index is 960. The van der Waals surface area contributed by atoms with Gasteiger partial charge in [-0.25, -0.2) is 0 Å². The summed E-state index contributed by atoms with van der Waals surface area (Å²) >= 11 is 0. The maximum Gasteiger partial charge on any atom is 0.312 e. The highest BCUT2D eigenvalue weighted by Gasteiger charge is 2.61. The van der Waals surface area contributed by atoms with E-state index in [1.165, 1.54) is 4.90 Å². The quantitative estimate of drug-likeness (QED) is 0.564. The number of hydrogen-bond donors (Lipinski definition) is 2. The average molecular weight is 471 g/mol. The predicted octanol–water partition coefficient (Wildman–Crippen LogP) is 3.74. The Morgan fingerprint density at radius 1 is 1.18 bits per heavy atom. The molecule has 186 valence electrons. The van der Waals surface area contributed by atoms with Gasteiger partial charge in [-0.3, -0.25) is 14.4 Å². The smallest absolute Gasteiger partial charge is 0.312 e. The van der Waals surface area contributed by atoms with Gasteiger partial charge in [0.25, 0.3) is 5.91 Å². The summed E-state index contributed by atoms with van der Waals surface area (Å²) in [6.45, 7) is 7.29. The van der Waals surface area contributed by atoms with E-state index in [-0.39, 0.29) is 37.0 Å². The zero-order valence-electron chi connectivity index (χ0n) is 20.9. The number of hydrogen-bond acceptors (Lipinski definition) is 5. The minimum absolute atomic E-state index is 0.103. The lowest BCUT2D eigenvalue weighted by molar-refractivity contribution is -0.197. The molecule has 4 aliphatic carbocycles. The molecule has 2 amide bonds. The van der Waals surface area contributed by atoms with Gasteiger partial charge in [-0.1, -0.05) is 19.1 Å². The van der Waals surface area contributed by atoms with Crippen LogP contribution < -0.4 is 5.32 Å². The van der Waals surface area contributed by atoms with Crippen LogP contribution in [0.4, 0.5) is 5.69 Å². The van der Waals surface area contributed by atoms with Crippen molar-refractivity contribution in [2.24, 2.45) is 17.3 Å². The third-order valence-corrected chi connectivity index (χ3v) is 8.43. The highest BCUT2D eigenvalue weighted by Crippen LogP contribution is 2.61. The molecule has 0 radical (unpaired) electrons. The van der Waals surface area contributed by atoms with E-state index >= 15 is 0 Å². The van der Waals surface area contributed by atoms with Crippen LogP contribution in [-0.4, -0.2) is 52.6 Å². The molecule has 4 bridgehead atoms. The minimum atomic E-state index is -0.762. The lowest BCUT2D eigenvalue weighted by atomic mass is 9.48. The van der Waals surface area contributed by atoms with Crippen LogP contribution in [0.25, 0.3) is 0 Å². The Kier molecular flexibility index (Phi) is 6.78. The van der Waals surface area contributed by atoms with E-state index in [0.29, 0.717) is 24.7 Å². The van der Waals surface area contributed by atoms with Gasteiger partial charge < -0.3 is 20.1 Å². The highest BCUT2D eigenvalue weighted by atomic mass is 16.5. The fraction of sp³-hybridized carbons (Fsp3) is 0.667. The molecular weight excluding hydrogens is 432 g/mol. The number of carbonyl (C=O) groups excluding carboxylic acids is 3. The first kappa shape index (κ1) is 24.7. The van der Waals surface area contributed by atoms with Crippen molar-refractivity contribution in [1.29, 1.82) is 0 Å². The van der Waals surface area contributed by atoms with Crippen LogP contribution >= 0.6 is 0 Å². The first-order chi connectivity index (χ1) is 16.0. The number of carbonyl (C=O) groups is 3. The van der Waals surface area contributed by atoms with Crippen LogP contribution in [0.1, 0.15) is 69.9 Å². The van der Waals surface area contributed by atoms with E-state index in [4.69, 9.17) is 4.74 Å². The molecule has 7 nitrogen and oxygen atoms in total. The van der Waals surface area contributed by atoms with Crippen molar-refractivity contribution in [3.05, 3.63) is 29.3 Å². The second-order valence-electron chi connectivity index (χ2n) is 11.1. The lowest BCUT2D eigenvalue weighted by Gasteiger charge is -2.58. The number of aryl methyl sites for hydroxylation is 1. The van der Waals surface area contributed by atoms with Crippen molar-refractivity contribution >= 4 is 23.5 Å². The lowest BCUT2D eigenvalue weighted by Crippen LogP contribution is -2.58. The molecule has 1 aromatic carbocycles. The van der Waals surface area contributed by atoms with Gasteiger partial charge in [-0.15, -0.1) is 0 Å². The zero-order chi connectivity index (χ0) is 24.7. The summed E-state index contributed by atoms with van der Waals surface area (Å²) in [5.41, 5.74) is 1.37. The zero-order valence-corrected chi connectivity index (χ0v) is 20.9. The first-order valence-corrected chi connectivity index (χ1v) is 12.6. The fourth-order valence-corrected chi connectivity index (χ4v) is 6.76. The summed E-state index contributed by atoms with van der Waals surface area (Å²) in [4.78, 5) is 40.5. The normalized spacial score (nSPS) is 30.0. The van der Waals surface area contributed by atoms with Gasteiger partial charge in [0.1, 0.15) is 6.54 Å². The van der Waals surface area contributed by atoms with Gasteiger partial charge >= 0.3 is 5.97 Å². The maximum atomic E-state index is 13.2. The molecule has 0 heterocycles. The van der Waals surface area contributed by atoms with E-state index in [9.17, 15) is 19.5 Å². The number of nitrogens with zero attached hydrogens (tertiary/aromatic N) is 1. The van der Waals surface area contributed by atoms with Crippen LogP contribution in [0.3, 0.4) is 0 Å². The van der Waals surface area contributed by atoms with Crippen molar-refractivity contribution in [2.75, 3.05) is 18.5 Å². The first-order valence-electron chi connectivity index (χ1n) is 12.6. The van der Waals surface area contributed by atoms with Gasteiger partial charge in [0.15, 0.2) is 6.61 Å². The van der Waals surface area contributed by atoms with Crippen LogP contribution in [-0.2, 0) is 19.1 Å². The Morgan fingerprint density at radius 2 is 1.85 bits per heavy atom. The second-order valence-corrected chi connectivity index (χ2v) is 11.1. The molecule has 7 heteroatoms. The summed E-state index contributed by atoms with van der Waals surface area (Å²) < 4.78 is 5.57. The Labute approximate surface area is 202 Å². The van der Waals surface area contributed by atoms with Crippen molar-refractivity contribution in [1.82, 2.24) is 4.90 Å². The number of amides is 2. The van der Waals surface area contributed by atoms with Gasteiger partial charge in [-0.2, -0.15) is 0 Å². The van der Waals surface area contributed by atoms with E-state index in [2.05, 4.69) is 5.32 Å². The third-order valence-electron chi connectivity index (χ3n) is 8.43. The number of rotatable bonds is 8. The standard InChI is InChI=1S/C27H38N2O5/c1-5-18(3)29(14-23(30)28-22-8-6-7-17(2)19(22)4)24(31)15-34-25(32)26-10-20-9-21(11-26)13-27(33,12-20)16-26/h6-8,18,20-21,33H,5,9-16H2,1-4H3,(H,28,30). The van der Waals surface area contributed by atoms with Crippen molar-refractivity contribution in [2.45, 2.75) is 84.3 Å². The van der Waals surface area contributed by atoms with E-state index in [0.717, 1.165) is 48.9 Å². The topological polar surface area (TPSA) is 95.9 Å². The Morgan fingerprint density at radius 3 is 2.47 bits per heavy atom. The molecule has 5 rings (SSSR count). The average Bonchev–Trinajstić information content (AvgIpc) is 2.76. The molecule has 4 fully saturated rings. The molecule has 3 atom stereocenters. The predicted molar refractivity (Wildman–Crippen MR) is 129 cm³/mol. The van der Waals surface area contributed by atoms with Crippen LogP contribution in [0.5, 0.6) is 0 Å².